The lowest BCUT2D eigenvalue weighted by atomic mass is 10.1. The molecule has 2 rings (SSSR count). The van der Waals surface area contributed by atoms with E-state index in [2.05, 4.69) is 0 Å². The number of hydrogen-bond donors (Lipinski definition) is 1. The van der Waals surface area contributed by atoms with Gasteiger partial charge < -0.3 is 15.5 Å². The van der Waals surface area contributed by atoms with E-state index >= 15 is 0 Å². The van der Waals surface area contributed by atoms with E-state index in [-0.39, 0.29) is 17.7 Å². The summed E-state index contributed by atoms with van der Waals surface area (Å²) in [5.74, 6) is -0.0174. The number of amides is 2. The first-order valence-electron chi connectivity index (χ1n) is 7.87. The maximum Gasteiger partial charge on any atom is 0.253 e. The van der Waals surface area contributed by atoms with Gasteiger partial charge in [-0.25, -0.2) is 0 Å². The lowest BCUT2D eigenvalue weighted by molar-refractivity contribution is -0.134. The molecule has 1 fully saturated rings. The molecule has 1 atom stereocenters. The lowest BCUT2D eigenvalue weighted by Gasteiger charge is -2.24. The van der Waals surface area contributed by atoms with Gasteiger partial charge in [-0.15, -0.1) is 0 Å². The maximum absolute atomic E-state index is 12.6. The molecule has 1 saturated heterocycles. The van der Waals surface area contributed by atoms with E-state index in [4.69, 9.17) is 5.73 Å². The van der Waals surface area contributed by atoms with Crippen LogP contribution in [0.4, 0.5) is 0 Å². The number of benzene rings is 1. The van der Waals surface area contributed by atoms with Gasteiger partial charge in [-0.1, -0.05) is 24.6 Å². The van der Waals surface area contributed by atoms with Crippen molar-refractivity contribution in [1.29, 1.82) is 0 Å². The van der Waals surface area contributed by atoms with Crippen LogP contribution in [0.3, 0.4) is 0 Å². The normalized spacial score (nSPS) is 17.0. The fourth-order valence-electron chi connectivity index (χ4n) is 2.71. The SMILES string of the molecule is Cc1cccc(C(=O)N2CCCN(C(=O)C(C)CN)CC2)c1. The molecule has 0 bridgehead atoms. The van der Waals surface area contributed by atoms with Crippen LogP contribution >= 0.6 is 0 Å². The largest absolute Gasteiger partial charge is 0.341 e. The smallest absolute Gasteiger partial charge is 0.253 e. The van der Waals surface area contributed by atoms with Crippen LogP contribution in [0.25, 0.3) is 0 Å². The van der Waals surface area contributed by atoms with Crippen LogP contribution in [0.5, 0.6) is 0 Å². The Morgan fingerprint density at radius 1 is 1.18 bits per heavy atom. The highest BCUT2D eigenvalue weighted by atomic mass is 16.2. The number of nitrogens with zero attached hydrogens (tertiary/aromatic N) is 2. The summed E-state index contributed by atoms with van der Waals surface area (Å²) in [4.78, 5) is 28.5. The molecule has 1 aromatic rings. The second-order valence-corrected chi connectivity index (χ2v) is 5.98. The molecular weight excluding hydrogens is 278 g/mol. The average molecular weight is 303 g/mol. The van der Waals surface area contributed by atoms with Crippen molar-refractivity contribution < 1.29 is 9.59 Å². The Hall–Kier alpha value is -1.88. The molecule has 0 saturated carbocycles. The molecule has 5 nitrogen and oxygen atoms in total. The summed E-state index contributed by atoms with van der Waals surface area (Å²) in [6.45, 7) is 6.74. The molecular formula is C17H25N3O2. The van der Waals surface area contributed by atoms with Gasteiger partial charge in [0.25, 0.3) is 5.91 Å². The zero-order chi connectivity index (χ0) is 16.1. The molecule has 1 aliphatic heterocycles. The number of aryl methyl sites for hydroxylation is 1. The van der Waals surface area contributed by atoms with Crippen LogP contribution in [0.1, 0.15) is 29.3 Å². The average Bonchev–Trinajstić information content (AvgIpc) is 2.78. The minimum atomic E-state index is -0.154. The third kappa shape index (κ3) is 3.85. The summed E-state index contributed by atoms with van der Waals surface area (Å²) in [5.41, 5.74) is 7.37. The van der Waals surface area contributed by atoms with Crippen molar-refractivity contribution in [3.8, 4) is 0 Å². The monoisotopic (exact) mass is 303 g/mol. The Morgan fingerprint density at radius 2 is 1.86 bits per heavy atom. The van der Waals surface area contributed by atoms with Crippen molar-refractivity contribution in [2.75, 3.05) is 32.7 Å². The summed E-state index contributed by atoms with van der Waals surface area (Å²) in [5, 5.41) is 0. The predicted octanol–water partition coefficient (Wildman–Crippen LogP) is 1.26. The highest BCUT2D eigenvalue weighted by Crippen LogP contribution is 2.12. The van der Waals surface area contributed by atoms with E-state index in [1.807, 2.05) is 47.9 Å². The summed E-state index contributed by atoms with van der Waals surface area (Å²) in [6, 6.07) is 7.64. The Morgan fingerprint density at radius 3 is 2.55 bits per heavy atom. The van der Waals surface area contributed by atoms with E-state index in [0.717, 1.165) is 17.5 Å². The highest BCUT2D eigenvalue weighted by molar-refractivity contribution is 5.94. The van der Waals surface area contributed by atoms with Gasteiger partial charge in [0, 0.05) is 44.2 Å². The van der Waals surface area contributed by atoms with Crippen molar-refractivity contribution in [2.24, 2.45) is 11.7 Å². The first-order chi connectivity index (χ1) is 10.5. The quantitative estimate of drug-likeness (QED) is 0.914. The van der Waals surface area contributed by atoms with E-state index in [1.54, 1.807) is 0 Å². The molecule has 0 radical (unpaired) electrons. The first-order valence-corrected chi connectivity index (χ1v) is 7.87. The third-order valence-electron chi connectivity index (χ3n) is 4.13. The maximum atomic E-state index is 12.6. The van der Waals surface area contributed by atoms with Crippen LogP contribution in [-0.2, 0) is 4.79 Å². The second kappa shape index (κ2) is 7.40. The van der Waals surface area contributed by atoms with Gasteiger partial charge >= 0.3 is 0 Å². The van der Waals surface area contributed by atoms with Crippen molar-refractivity contribution in [3.05, 3.63) is 35.4 Å². The molecule has 1 aromatic carbocycles. The first kappa shape index (κ1) is 16.5. The van der Waals surface area contributed by atoms with Gasteiger partial charge in [-0.3, -0.25) is 9.59 Å². The molecule has 1 heterocycles. The topological polar surface area (TPSA) is 66.6 Å². The molecule has 0 aliphatic carbocycles. The summed E-state index contributed by atoms with van der Waals surface area (Å²) < 4.78 is 0. The number of rotatable bonds is 3. The molecule has 5 heteroatoms. The summed E-state index contributed by atoms with van der Waals surface area (Å²) in [7, 11) is 0. The Bertz CT molecular complexity index is 544. The third-order valence-corrected chi connectivity index (χ3v) is 4.13. The second-order valence-electron chi connectivity index (χ2n) is 5.98. The standard InChI is InChI=1S/C17H25N3O2/c1-13-5-3-6-15(11-13)17(22)20-8-4-7-19(9-10-20)16(21)14(2)12-18/h3,5-6,11,14H,4,7-10,12,18H2,1-2H3. The molecule has 0 aromatic heterocycles. The number of nitrogens with two attached hydrogens (primary N) is 1. The lowest BCUT2D eigenvalue weighted by Crippen LogP contribution is -2.41. The van der Waals surface area contributed by atoms with Gasteiger partial charge in [0.2, 0.25) is 5.91 Å². The van der Waals surface area contributed by atoms with Crippen molar-refractivity contribution in [2.45, 2.75) is 20.3 Å². The zero-order valence-electron chi connectivity index (χ0n) is 13.4. The van der Waals surface area contributed by atoms with Gasteiger partial charge in [0.1, 0.15) is 0 Å². The molecule has 0 spiro atoms. The molecule has 2 N–H and O–H groups in total. The molecule has 1 unspecified atom stereocenters. The molecule has 1 aliphatic rings. The van der Waals surface area contributed by atoms with Gasteiger partial charge in [-0.2, -0.15) is 0 Å². The van der Waals surface area contributed by atoms with E-state index in [0.29, 0.717) is 32.7 Å². The highest BCUT2D eigenvalue weighted by Gasteiger charge is 2.24. The Kier molecular flexibility index (Phi) is 5.55. The van der Waals surface area contributed by atoms with Gasteiger partial charge in [0.15, 0.2) is 0 Å². The fraction of sp³-hybridized carbons (Fsp3) is 0.529. The summed E-state index contributed by atoms with van der Waals surface area (Å²) in [6.07, 6.45) is 0.806. The van der Waals surface area contributed by atoms with Gasteiger partial charge in [0.05, 0.1) is 0 Å². The predicted molar refractivity (Wildman–Crippen MR) is 86.5 cm³/mol. The van der Waals surface area contributed by atoms with E-state index < -0.39 is 0 Å². The van der Waals surface area contributed by atoms with Crippen molar-refractivity contribution in [1.82, 2.24) is 9.80 Å². The molecule has 2 amide bonds. The molecule has 22 heavy (non-hydrogen) atoms. The van der Waals surface area contributed by atoms with Crippen LogP contribution in [0.2, 0.25) is 0 Å². The number of carbonyl (C=O) groups excluding carboxylic acids is 2. The zero-order valence-corrected chi connectivity index (χ0v) is 13.4. The van der Waals surface area contributed by atoms with Gasteiger partial charge in [-0.05, 0) is 25.5 Å². The van der Waals surface area contributed by atoms with Crippen LogP contribution in [0.15, 0.2) is 24.3 Å². The van der Waals surface area contributed by atoms with Crippen LogP contribution in [0, 0.1) is 12.8 Å². The molecule has 120 valence electrons. The van der Waals surface area contributed by atoms with E-state index in [1.165, 1.54) is 0 Å². The minimum Gasteiger partial charge on any atom is -0.341 e. The Balaban J connectivity index is 2.01. The van der Waals surface area contributed by atoms with Crippen molar-refractivity contribution >= 4 is 11.8 Å². The van der Waals surface area contributed by atoms with Crippen molar-refractivity contribution in [3.63, 3.8) is 0 Å². The Labute approximate surface area is 132 Å². The van der Waals surface area contributed by atoms with Crippen LogP contribution in [-0.4, -0.2) is 54.3 Å². The number of carbonyl (C=O) groups is 2. The summed E-state index contributed by atoms with van der Waals surface area (Å²) >= 11 is 0. The minimum absolute atomic E-state index is 0.0462. The number of hydrogen-bond acceptors (Lipinski definition) is 3. The van der Waals surface area contributed by atoms with E-state index in [9.17, 15) is 9.59 Å². The van der Waals surface area contributed by atoms with Crippen LogP contribution < -0.4 is 5.73 Å². The fourth-order valence-corrected chi connectivity index (χ4v) is 2.71.